The average molecular weight is 369 g/mol. The summed E-state index contributed by atoms with van der Waals surface area (Å²) in [6.07, 6.45) is 1.71. The van der Waals surface area contributed by atoms with E-state index >= 15 is 0 Å². The highest BCUT2D eigenvalue weighted by Crippen LogP contribution is 2.35. The molecule has 24 heavy (non-hydrogen) atoms. The predicted molar refractivity (Wildman–Crippen MR) is 103 cm³/mol. The van der Waals surface area contributed by atoms with E-state index in [1.54, 1.807) is 17.8 Å². The lowest BCUT2D eigenvalue weighted by molar-refractivity contribution is -0.115. The van der Waals surface area contributed by atoms with Crippen molar-refractivity contribution in [3.05, 3.63) is 65.3 Å². The molecule has 1 aromatic heterocycles. The number of fused-ring (bicyclic) bond motifs is 1. The van der Waals surface area contributed by atoms with Crippen LogP contribution in [0.5, 0.6) is 0 Å². The van der Waals surface area contributed by atoms with Crippen molar-refractivity contribution in [2.24, 2.45) is 0 Å². The van der Waals surface area contributed by atoms with Crippen LogP contribution in [0.1, 0.15) is 5.76 Å². The van der Waals surface area contributed by atoms with Gasteiger partial charge in [0.05, 0.1) is 4.91 Å². The van der Waals surface area contributed by atoms with E-state index in [0.29, 0.717) is 15.0 Å². The Hall–Kier alpha value is -2.02. The molecular formula is C18H11NO2S3. The van der Waals surface area contributed by atoms with Gasteiger partial charge in [0.2, 0.25) is 0 Å². The lowest BCUT2D eigenvalue weighted by Crippen LogP contribution is -2.17. The number of rotatable bonds is 3. The Balaban J connectivity index is 1.60. The number of thiocarbonyl (C=S) groups is 1. The zero-order chi connectivity index (χ0) is 16.5. The molecule has 0 spiro atoms. The number of hydrogen-bond acceptors (Lipinski definition) is 5. The molecule has 118 valence electrons. The molecule has 0 radical (unpaired) electrons. The van der Waals surface area contributed by atoms with Gasteiger partial charge in [-0.2, -0.15) is 0 Å². The minimum absolute atomic E-state index is 0.176. The third kappa shape index (κ3) is 3.13. The summed E-state index contributed by atoms with van der Waals surface area (Å²) >= 11 is 7.80. The summed E-state index contributed by atoms with van der Waals surface area (Å²) in [6, 6.07) is 18.2. The molecule has 6 heteroatoms. The van der Waals surface area contributed by atoms with Crippen LogP contribution in [0.3, 0.4) is 0 Å². The molecular weight excluding hydrogens is 358 g/mol. The fourth-order valence-corrected chi connectivity index (χ4v) is 4.37. The summed E-state index contributed by atoms with van der Waals surface area (Å²) in [6.45, 7) is 0. The number of carbonyl (C=O) groups excluding carboxylic acids is 1. The van der Waals surface area contributed by atoms with E-state index in [-0.39, 0.29) is 5.91 Å². The number of nitrogens with one attached hydrogen (secondary N) is 1. The second-order valence-corrected chi connectivity index (χ2v) is 7.85. The largest absolute Gasteiger partial charge is 0.450 e. The molecule has 0 bridgehead atoms. The quantitative estimate of drug-likeness (QED) is 0.515. The normalized spacial score (nSPS) is 16.1. The van der Waals surface area contributed by atoms with E-state index in [1.807, 2.05) is 30.3 Å². The van der Waals surface area contributed by atoms with Crippen molar-refractivity contribution in [1.82, 2.24) is 5.32 Å². The zero-order valence-electron chi connectivity index (χ0n) is 12.3. The summed E-state index contributed by atoms with van der Waals surface area (Å²) in [5.74, 6) is 0.463. The molecule has 1 N–H and O–H groups in total. The van der Waals surface area contributed by atoms with Crippen LogP contribution in [0.15, 0.2) is 73.9 Å². The molecule has 0 atom stereocenters. The van der Waals surface area contributed by atoms with Gasteiger partial charge in [-0.1, -0.05) is 72.1 Å². The molecule has 1 aliphatic heterocycles. The van der Waals surface area contributed by atoms with Gasteiger partial charge >= 0.3 is 0 Å². The Morgan fingerprint density at radius 1 is 1.08 bits per heavy atom. The van der Waals surface area contributed by atoms with E-state index in [2.05, 4.69) is 29.6 Å². The smallest absolute Gasteiger partial charge is 0.263 e. The fourth-order valence-electron chi connectivity index (χ4n) is 2.41. The number of furan rings is 1. The summed E-state index contributed by atoms with van der Waals surface area (Å²) in [5.41, 5.74) is 0. The average Bonchev–Trinajstić information content (AvgIpc) is 3.14. The third-order valence-corrected chi connectivity index (χ3v) is 5.64. The number of hydrogen-bond donors (Lipinski definition) is 1. The van der Waals surface area contributed by atoms with E-state index in [0.717, 1.165) is 9.99 Å². The maximum absolute atomic E-state index is 11.7. The standard InChI is InChI=1S/C18H11NO2S3/c20-17-15(24-18(22)19-17)10-12-8-9-16(21-12)23-14-7-3-5-11-4-1-2-6-13(11)14/h1-10H,(H,19,20,22)/b15-10-. The van der Waals surface area contributed by atoms with E-state index < -0.39 is 0 Å². The highest BCUT2D eigenvalue weighted by atomic mass is 32.2. The summed E-state index contributed by atoms with van der Waals surface area (Å²) < 4.78 is 6.31. The third-order valence-electron chi connectivity index (χ3n) is 3.48. The fraction of sp³-hybridized carbons (Fsp3) is 0. The van der Waals surface area contributed by atoms with Crippen molar-refractivity contribution in [3.63, 3.8) is 0 Å². The van der Waals surface area contributed by atoms with Gasteiger partial charge < -0.3 is 9.73 Å². The van der Waals surface area contributed by atoms with Crippen molar-refractivity contribution in [1.29, 1.82) is 0 Å². The van der Waals surface area contributed by atoms with Crippen LogP contribution in [-0.2, 0) is 4.79 Å². The minimum Gasteiger partial charge on any atom is -0.450 e. The van der Waals surface area contributed by atoms with Crippen LogP contribution in [0.2, 0.25) is 0 Å². The van der Waals surface area contributed by atoms with Crippen LogP contribution >= 0.6 is 35.7 Å². The first-order valence-electron chi connectivity index (χ1n) is 7.19. The summed E-state index contributed by atoms with van der Waals surface area (Å²) in [4.78, 5) is 13.4. The van der Waals surface area contributed by atoms with Crippen molar-refractivity contribution in [3.8, 4) is 0 Å². The molecule has 3 nitrogen and oxygen atoms in total. The van der Waals surface area contributed by atoms with Crippen molar-refractivity contribution < 1.29 is 9.21 Å². The summed E-state index contributed by atoms with van der Waals surface area (Å²) in [7, 11) is 0. The Labute approximate surface area is 152 Å². The highest BCUT2D eigenvalue weighted by Gasteiger charge is 2.22. The van der Waals surface area contributed by atoms with E-state index in [1.165, 1.54) is 22.5 Å². The topological polar surface area (TPSA) is 42.2 Å². The monoisotopic (exact) mass is 369 g/mol. The second-order valence-electron chi connectivity index (χ2n) is 5.09. The highest BCUT2D eigenvalue weighted by molar-refractivity contribution is 8.26. The molecule has 0 saturated carbocycles. The molecule has 0 unspecified atom stereocenters. The molecule has 2 heterocycles. The van der Waals surface area contributed by atoms with Crippen LogP contribution in [0.4, 0.5) is 0 Å². The molecule has 1 aliphatic rings. The first-order chi connectivity index (χ1) is 11.7. The van der Waals surface area contributed by atoms with Crippen molar-refractivity contribution in [2.75, 3.05) is 0 Å². The Bertz CT molecular complexity index is 985. The van der Waals surface area contributed by atoms with Gasteiger partial charge in [-0.25, -0.2) is 0 Å². The van der Waals surface area contributed by atoms with Gasteiger partial charge in [0.15, 0.2) is 5.09 Å². The number of thioether (sulfide) groups is 1. The maximum atomic E-state index is 11.7. The van der Waals surface area contributed by atoms with Gasteiger partial charge in [0, 0.05) is 11.0 Å². The van der Waals surface area contributed by atoms with Gasteiger partial charge in [-0.15, -0.1) is 0 Å². The zero-order valence-corrected chi connectivity index (χ0v) is 14.8. The van der Waals surface area contributed by atoms with Crippen LogP contribution in [0.25, 0.3) is 16.8 Å². The first-order valence-corrected chi connectivity index (χ1v) is 9.23. The molecule has 1 saturated heterocycles. The Kier molecular flexibility index (Phi) is 4.18. The Morgan fingerprint density at radius 3 is 2.75 bits per heavy atom. The number of benzene rings is 2. The van der Waals surface area contributed by atoms with E-state index in [4.69, 9.17) is 16.6 Å². The minimum atomic E-state index is -0.176. The molecule has 3 aromatic rings. The number of amides is 1. The van der Waals surface area contributed by atoms with Crippen molar-refractivity contribution >= 4 is 62.8 Å². The Morgan fingerprint density at radius 2 is 1.92 bits per heavy atom. The molecule has 0 aliphatic carbocycles. The van der Waals surface area contributed by atoms with Gasteiger partial charge in [-0.05, 0) is 29.0 Å². The van der Waals surface area contributed by atoms with Crippen molar-refractivity contribution in [2.45, 2.75) is 9.99 Å². The first kappa shape index (κ1) is 15.5. The molecule has 1 amide bonds. The molecule has 4 rings (SSSR count). The molecule has 1 fully saturated rings. The summed E-state index contributed by atoms with van der Waals surface area (Å²) in [5, 5.41) is 5.77. The van der Waals surface area contributed by atoms with Gasteiger partial charge in [0.1, 0.15) is 10.1 Å². The molecule has 2 aromatic carbocycles. The van der Waals surface area contributed by atoms with Gasteiger partial charge in [0.25, 0.3) is 5.91 Å². The lowest BCUT2D eigenvalue weighted by Gasteiger charge is -2.03. The predicted octanol–water partition coefficient (Wildman–Crippen LogP) is 5.07. The SMILES string of the molecule is O=C1NC(=S)S/C1=C\c1ccc(Sc2cccc3ccccc23)o1. The van der Waals surface area contributed by atoms with Crippen LogP contribution < -0.4 is 5.32 Å². The van der Waals surface area contributed by atoms with E-state index in [9.17, 15) is 4.79 Å². The maximum Gasteiger partial charge on any atom is 0.263 e. The number of carbonyl (C=O) groups is 1. The lowest BCUT2D eigenvalue weighted by atomic mass is 10.1. The van der Waals surface area contributed by atoms with Crippen LogP contribution in [-0.4, -0.2) is 10.2 Å². The van der Waals surface area contributed by atoms with Crippen LogP contribution in [0, 0.1) is 0 Å². The second kappa shape index (κ2) is 6.47. The van der Waals surface area contributed by atoms with Gasteiger partial charge in [-0.3, -0.25) is 4.79 Å².